The minimum Gasteiger partial charge on any atom is -0.313 e. The molecule has 6 nitrogen and oxygen atoms in total. The molecule has 96 valence electrons. The van der Waals surface area contributed by atoms with Crippen molar-refractivity contribution in [1.29, 1.82) is 0 Å². The summed E-state index contributed by atoms with van der Waals surface area (Å²) in [6.45, 7) is 9.26. The zero-order valence-electron chi connectivity index (χ0n) is 10.6. The van der Waals surface area contributed by atoms with Crippen LogP contribution in [0, 0.1) is 0 Å². The number of imidazole rings is 1. The molecule has 0 fully saturated rings. The Morgan fingerprint density at radius 2 is 2.21 bits per heavy atom. The Balaban J connectivity index is 0.000000148. The molecule has 0 spiro atoms. The van der Waals surface area contributed by atoms with Gasteiger partial charge >= 0.3 is 0 Å². The quantitative estimate of drug-likeness (QED) is 0.761. The van der Waals surface area contributed by atoms with Gasteiger partial charge in [0.1, 0.15) is 18.3 Å². The van der Waals surface area contributed by atoms with Crippen molar-refractivity contribution in [3.8, 4) is 11.5 Å². The van der Waals surface area contributed by atoms with Crippen molar-refractivity contribution in [2.75, 3.05) is 0 Å². The molecule has 1 aromatic rings. The SMILES string of the molecule is C=C(C)c1ccn[nH]1.C=Cn1cnc2ncnc-2c1. The molecule has 3 rings (SSSR count). The highest BCUT2D eigenvalue weighted by atomic mass is 15.1. The van der Waals surface area contributed by atoms with E-state index < -0.39 is 0 Å². The number of fused-ring (bicyclic) bond motifs is 1. The zero-order valence-corrected chi connectivity index (χ0v) is 10.6. The van der Waals surface area contributed by atoms with Gasteiger partial charge in [0.05, 0.1) is 5.69 Å². The first-order valence-electron chi connectivity index (χ1n) is 5.62. The van der Waals surface area contributed by atoms with Crippen molar-refractivity contribution in [3.63, 3.8) is 0 Å². The van der Waals surface area contributed by atoms with E-state index in [1.54, 1.807) is 23.3 Å². The van der Waals surface area contributed by atoms with Gasteiger partial charge in [-0.25, -0.2) is 15.0 Å². The third-order valence-corrected chi connectivity index (χ3v) is 2.36. The Morgan fingerprint density at radius 1 is 1.37 bits per heavy atom. The lowest BCUT2D eigenvalue weighted by Gasteiger charge is -1.98. The van der Waals surface area contributed by atoms with Crippen molar-refractivity contribution in [2.45, 2.75) is 6.92 Å². The van der Waals surface area contributed by atoms with Crippen LogP contribution < -0.4 is 0 Å². The molecular formula is C13H14N6. The second kappa shape index (κ2) is 5.72. The molecule has 0 amide bonds. The van der Waals surface area contributed by atoms with Crippen LogP contribution in [0.15, 0.2) is 44.3 Å². The van der Waals surface area contributed by atoms with Crippen molar-refractivity contribution in [3.05, 3.63) is 50.0 Å². The molecule has 2 aliphatic heterocycles. The number of allylic oxidation sites excluding steroid dienone is 1. The number of aromatic amines is 1. The molecule has 0 aliphatic carbocycles. The normalized spacial score (nSPS) is 9.74. The Labute approximate surface area is 110 Å². The molecule has 0 unspecified atom stereocenters. The van der Waals surface area contributed by atoms with Gasteiger partial charge in [-0.1, -0.05) is 13.2 Å². The van der Waals surface area contributed by atoms with Gasteiger partial charge in [-0.05, 0) is 18.6 Å². The van der Waals surface area contributed by atoms with Crippen LogP contribution in [0.25, 0.3) is 23.3 Å². The summed E-state index contributed by atoms with van der Waals surface area (Å²) in [6.07, 6.45) is 8.32. The fraction of sp³-hybridized carbons (Fsp3) is 0.0769. The first kappa shape index (κ1) is 12.7. The summed E-state index contributed by atoms with van der Waals surface area (Å²) in [5.74, 6) is 0.670. The third kappa shape index (κ3) is 3.12. The number of rotatable bonds is 2. The van der Waals surface area contributed by atoms with Gasteiger partial charge in [-0.3, -0.25) is 5.10 Å². The lowest BCUT2D eigenvalue weighted by molar-refractivity contribution is 1.02. The van der Waals surface area contributed by atoms with Gasteiger partial charge in [-0.15, -0.1) is 0 Å². The molecule has 0 saturated carbocycles. The third-order valence-electron chi connectivity index (χ3n) is 2.36. The number of hydrogen-bond donors (Lipinski definition) is 1. The molecule has 3 heterocycles. The van der Waals surface area contributed by atoms with Gasteiger partial charge in [-0.2, -0.15) is 5.10 Å². The Hall–Kier alpha value is -2.76. The van der Waals surface area contributed by atoms with E-state index in [0.717, 1.165) is 17.0 Å². The number of nitrogens with one attached hydrogen (secondary N) is 1. The lowest BCUT2D eigenvalue weighted by atomic mass is 10.3. The van der Waals surface area contributed by atoms with E-state index in [0.29, 0.717) is 5.82 Å². The molecule has 6 heteroatoms. The summed E-state index contributed by atoms with van der Waals surface area (Å²) >= 11 is 0. The van der Waals surface area contributed by atoms with Crippen LogP contribution in [-0.2, 0) is 0 Å². The van der Waals surface area contributed by atoms with Gasteiger partial charge in [0.25, 0.3) is 0 Å². The van der Waals surface area contributed by atoms with E-state index in [2.05, 4.69) is 38.3 Å². The highest BCUT2D eigenvalue weighted by molar-refractivity contribution is 5.56. The standard InChI is InChI=1S/C7H6N4.C6H8N2/c1-2-11-3-6-7(10-5-11)9-4-8-6;1-5(2)6-3-4-7-8-6/h2-5H,1H2;3-4H,1H2,2H3,(H,7,8). The molecule has 0 bridgehead atoms. The van der Waals surface area contributed by atoms with E-state index in [1.165, 1.54) is 6.33 Å². The van der Waals surface area contributed by atoms with E-state index in [9.17, 15) is 0 Å². The molecule has 0 radical (unpaired) electrons. The van der Waals surface area contributed by atoms with Gasteiger partial charge in [0.2, 0.25) is 0 Å². The molecule has 2 aliphatic rings. The van der Waals surface area contributed by atoms with Crippen LogP contribution in [0.3, 0.4) is 0 Å². The van der Waals surface area contributed by atoms with E-state index in [-0.39, 0.29) is 0 Å². The molecule has 1 aromatic heterocycles. The number of hydrogen-bond acceptors (Lipinski definition) is 4. The number of H-pyrrole nitrogens is 1. The Morgan fingerprint density at radius 3 is 2.79 bits per heavy atom. The van der Waals surface area contributed by atoms with Crippen LogP contribution in [0.2, 0.25) is 0 Å². The van der Waals surface area contributed by atoms with Crippen molar-refractivity contribution < 1.29 is 0 Å². The van der Waals surface area contributed by atoms with E-state index in [4.69, 9.17) is 0 Å². The second-order valence-corrected chi connectivity index (χ2v) is 3.84. The predicted molar refractivity (Wildman–Crippen MR) is 74.1 cm³/mol. The van der Waals surface area contributed by atoms with Crippen LogP contribution >= 0.6 is 0 Å². The fourth-order valence-electron chi connectivity index (χ4n) is 1.35. The summed E-state index contributed by atoms with van der Waals surface area (Å²) < 4.78 is 1.73. The average Bonchev–Trinajstić information content (AvgIpc) is 3.09. The van der Waals surface area contributed by atoms with Crippen LogP contribution in [-0.4, -0.2) is 29.7 Å². The molecule has 0 aromatic carbocycles. The first-order valence-corrected chi connectivity index (χ1v) is 5.62. The highest BCUT2D eigenvalue weighted by Gasteiger charge is 2.04. The molecular weight excluding hydrogens is 240 g/mol. The zero-order chi connectivity index (χ0) is 13.7. The van der Waals surface area contributed by atoms with Gasteiger partial charge in [0.15, 0.2) is 5.82 Å². The monoisotopic (exact) mass is 254 g/mol. The van der Waals surface area contributed by atoms with Crippen molar-refractivity contribution in [1.82, 2.24) is 29.7 Å². The largest absolute Gasteiger partial charge is 0.313 e. The molecule has 0 atom stereocenters. The fourth-order valence-corrected chi connectivity index (χ4v) is 1.35. The smallest absolute Gasteiger partial charge is 0.182 e. The molecule has 19 heavy (non-hydrogen) atoms. The minimum atomic E-state index is 0.670. The maximum atomic E-state index is 4.03. The molecule has 1 N–H and O–H groups in total. The first-order chi connectivity index (χ1) is 9.20. The van der Waals surface area contributed by atoms with Crippen LogP contribution in [0.4, 0.5) is 0 Å². The van der Waals surface area contributed by atoms with Crippen molar-refractivity contribution >= 4 is 11.8 Å². The predicted octanol–water partition coefficient (Wildman–Crippen LogP) is 2.32. The summed E-state index contributed by atoms with van der Waals surface area (Å²) in [6, 6.07) is 1.89. The summed E-state index contributed by atoms with van der Waals surface area (Å²) in [5.41, 5.74) is 2.81. The lowest BCUT2D eigenvalue weighted by Crippen LogP contribution is -1.93. The number of aromatic nitrogens is 6. The van der Waals surface area contributed by atoms with E-state index >= 15 is 0 Å². The Bertz CT molecular complexity index is 637. The van der Waals surface area contributed by atoms with Gasteiger partial charge in [0, 0.05) is 18.6 Å². The van der Waals surface area contributed by atoms with Crippen LogP contribution in [0.1, 0.15) is 12.6 Å². The summed E-state index contributed by atoms with van der Waals surface area (Å²) in [7, 11) is 0. The van der Waals surface area contributed by atoms with Gasteiger partial charge < -0.3 is 4.57 Å². The number of nitrogens with zero attached hydrogens (tertiary/aromatic N) is 5. The minimum absolute atomic E-state index is 0.670. The average molecular weight is 254 g/mol. The second-order valence-electron chi connectivity index (χ2n) is 3.84. The summed E-state index contributed by atoms with van der Waals surface area (Å²) in [4.78, 5) is 11.9. The maximum Gasteiger partial charge on any atom is 0.182 e. The van der Waals surface area contributed by atoms with E-state index in [1.807, 2.05) is 19.2 Å². The maximum absolute atomic E-state index is 4.03. The Kier molecular flexibility index (Phi) is 3.82. The van der Waals surface area contributed by atoms with Crippen LogP contribution in [0.5, 0.6) is 0 Å². The molecule has 0 saturated heterocycles. The topological polar surface area (TPSA) is 72.3 Å². The highest BCUT2D eigenvalue weighted by Crippen LogP contribution is 2.11. The summed E-state index contributed by atoms with van der Waals surface area (Å²) in [5, 5.41) is 6.54. The van der Waals surface area contributed by atoms with Crippen molar-refractivity contribution in [2.24, 2.45) is 0 Å².